The minimum absolute atomic E-state index is 0.237. The number of nitrogens with two attached hydrogens (primary N) is 1. The first-order valence-electron chi connectivity index (χ1n) is 4.07. The van der Waals surface area contributed by atoms with Gasteiger partial charge >= 0.3 is 6.18 Å². The Morgan fingerprint density at radius 1 is 1.40 bits per heavy atom. The predicted molar refractivity (Wildman–Crippen MR) is 56.8 cm³/mol. The second kappa shape index (κ2) is 4.72. The van der Waals surface area contributed by atoms with E-state index < -0.39 is 18.6 Å². The summed E-state index contributed by atoms with van der Waals surface area (Å²) in [4.78, 5) is 0. The van der Waals surface area contributed by atoms with Gasteiger partial charge in [-0.25, -0.2) is 0 Å². The average Bonchev–Trinajstić information content (AvgIpc) is 1.99. The van der Waals surface area contributed by atoms with E-state index in [1.807, 2.05) is 0 Å². The van der Waals surface area contributed by atoms with Gasteiger partial charge in [-0.2, -0.15) is 13.2 Å². The third-order valence-electron chi connectivity index (χ3n) is 1.81. The van der Waals surface area contributed by atoms with Crippen LogP contribution in [0.15, 0.2) is 22.7 Å². The van der Waals surface area contributed by atoms with Gasteiger partial charge in [0, 0.05) is 15.5 Å². The molecule has 1 aromatic carbocycles. The Labute approximate surface area is 98.5 Å². The molecule has 0 aliphatic rings. The molecule has 1 atom stereocenters. The highest BCUT2D eigenvalue weighted by Gasteiger charge is 2.31. The molecule has 0 unspecified atom stereocenters. The molecule has 6 heteroatoms. The number of halogens is 5. The van der Waals surface area contributed by atoms with E-state index in [-0.39, 0.29) is 5.02 Å². The molecule has 0 spiro atoms. The van der Waals surface area contributed by atoms with E-state index in [0.29, 0.717) is 10.0 Å². The molecule has 15 heavy (non-hydrogen) atoms. The third kappa shape index (κ3) is 4.01. The molecule has 0 fully saturated rings. The van der Waals surface area contributed by atoms with Gasteiger partial charge in [-0.1, -0.05) is 33.6 Å². The molecule has 0 radical (unpaired) electrons. The second-order valence-electron chi connectivity index (χ2n) is 3.09. The number of benzene rings is 1. The van der Waals surface area contributed by atoms with Crippen molar-refractivity contribution >= 4 is 27.5 Å². The lowest BCUT2D eigenvalue weighted by atomic mass is 10.0. The molecule has 1 nitrogen and oxygen atoms in total. The van der Waals surface area contributed by atoms with Crippen LogP contribution in [-0.4, -0.2) is 6.18 Å². The lowest BCUT2D eigenvalue weighted by molar-refractivity contribution is -0.138. The number of alkyl halides is 3. The maximum Gasteiger partial charge on any atom is 0.390 e. The monoisotopic (exact) mass is 301 g/mol. The second-order valence-corrected chi connectivity index (χ2v) is 4.41. The van der Waals surface area contributed by atoms with Gasteiger partial charge in [-0.15, -0.1) is 0 Å². The van der Waals surface area contributed by atoms with E-state index in [1.165, 1.54) is 12.1 Å². The van der Waals surface area contributed by atoms with Gasteiger partial charge in [0.05, 0.1) is 6.42 Å². The van der Waals surface area contributed by atoms with Crippen LogP contribution >= 0.6 is 27.5 Å². The standard InChI is InChI=1S/C9H8BrClF3N/c10-5-1-2-6(7(11)3-5)8(15)4-9(12,13)14/h1-3,8H,4,15H2/t8-/m0/s1. The van der Waals surface area contributed by atoms with Gasteiger partial charge < -0.3 is 5.73 Å². The normalized spacial score (nSPS) is 14.0. The highest BCUT2D eigenvalue weighted by molar-refractivity contribution is 9.10. The molecule has 1 aromatic rings. The topological polar surface area (TPSA) is 26.0 Å². The summed E-state index contributed by atoms with van der Waals surface area (Å²) in [5.41, 5.74) is 5.72. The maximum absolute atomic E-state index is 12.1. The van der Waals surface area contributed by atoms with Crippen molar-refractivity contribution in [1.82, 2.24) is 0 Å². The first-order valence-corrected chi connectivity index (χ1v) is 5.24. The molecule has 0 aliphatic heterocycles. The lowest BCUT2D eigenvalue weighted by Crippen LogP contribution is -2.20. The van der Waals surface area contributed by atoms with Crippen LogP contribution in [0.3, 0.4) is 0 Å². The molecule has 0 aromatic heterocycles. The summed E-state index contributed by atoms with van der Waals surface area (Å²) < 4.78 is 36.9. The smallest absolute Gasteiger partial charge is 0.324 e. The fraction of sp³-hybridized carbons (Fsp3) is 0.333. The van der Waals surface area contributed by atoms with Gasteiger partial charge in [0.1, 0.15) is 0 Å². The van der Waals surface area contributed by atoms with Crippen molar-refractivity contribution in [2.45, 2.75) is 18.6 Å². The van der Waals surface area contributed by atoms with Crippen molar-refractivity contribution in [2.75, 3.05) is 0 Å². The van der Waals surface area contributed by atoms with E-state index in [9.17, 15) is 13.2 Å². The van der Waals surface area contributed by atoms with Gasteiger partial charge in [0.2, 0.25) is 0 Å². The molecular weight excluding hydrogens is 294 g/mol. The van der Waals surface area contributed by atoms with E-state index in [2.05, 4.69) is 15.9 Å². The molecule has 0 aliphatic carbocycles. The Morgan fingerprint density at radius 2 is 2.00 bits per heavy atom. The Hall–Kier alpha value is -0.260. The summed E-state index contributed by atoms with van der Waals surface area (Å²) in [5.74, 6) is 0. The van der Waals surface area contributed by atoms with Crippen molar-refractivity contribution in [3.63, 3.8) is 0 Å². The highest BCUT2D eigenvalue weighted by atomic mass is 79.9. The van der Waals surface area contributed by atoms with Crippen LogP contribution < -0.4 is 5.73 Å². The SMILES string of the molecule is N[C@@H](CC(F)(F)F)c1ccc(Br)cc1Cl. The van der Waals surface area contributed by atoms with Crippen molar-refractivity contribution in [2.24, 2.45) is 5.73 Å². The Kier molecular flexibility index (Phi) is 4.03. The summed E-state index contributed by atoms with van der Waals surface area (Å²) in [6.07, 6.45) is -5.36. The minimum atomic E-state index is -4.28. The summed E-state index contributed by atoms with van der Waals surface area (Å²) in [6, 6.07) is 3.50. The quantitative estimate of drug-likeness (QED) is 0.876. The molecule has 0 amide bonds. The molecule has 1 rings (SSSR count). The van der Waals surface area contributed by atoms with Gasteiger partial charge in [-0.05, 0) is 17.7 Å². The van der Waals surface area contributed by atoms with E-state index in [0.717, 1.165) is 0 Å². The third-order valence-corrected chi connectivity index (χ3v) is 2.63. The van der Waals surface area contributed by atoms with E-state index in [1.54, 1.807) is 6.07 Å². The molecule has 0 bridgehead atoms. The molecular formula is C9H8BrClF3N. The molecule has 2 N–H and O–H groups in total. The minimum Gasteiger partial charge on any atom is -0.324 e. The van der Waals surface area contributed by atoms with Gasteiger partial charge in [0.25, 0.3) is 0 Å². The fourth-order valence-corrected chi connectivity index (χ4v) is 1.98. The number of hydrogen-bond donors (Lipinski definition) is 1. The van der Waals surface area contributed by atoms with E-state index >= 15 is 0 Å². The maximum atomic E-state index is 12.1. The van der Waals surface area contributed by atoms with E-state index in [4.69, 9.17) is 17.3 Å². The van der Waals surface area contributed by atoms with Crippen molar-refractivity contribution in [3.8, 4) is 0 Å². The number of hydrogen-bond acceptors (Lipinski definition) is 1. The van der Waals surface area contributed by atoms with Crippen molar-refractivity contribution < 1.29 is 13.2 Å². The fourth-order valence-electron chi connectivity index (χ4n) is 1.16. The highest BCUT2D eigenvalue weighted by Crippen LogP contribution is 2.32. The van der Waals surface area contributed by atoms with Crippen LogP contribution in [0.1, 0.15) is 18.0 Å². The average molecular weight is 303 g/mol. The van der Waals surface area contributed by atoms with Crippen LogP contribution in [-0.2, 0) is 0 Å². The zero-order valence-corrected chi connectivity index (χ0v) is 9.83. The molecule has 0 heterocycles. The first kappa shape index (κ1) is 12.8. The summed E-state index contributed by atoms with van der Waals surface area (Å²) in [7, 11) is 0. The van der Waals surface area contributed by atoms with Crippen molar-refractivity contribution in [3.05, 3.63) is 33.3 Å². The van der Waals surface area contributed by atoms with Crippen LogP contribution in [0, 0.1) is 0 Å². The molecule has 0 saturated carbocycles. The zero-order valence-electron chi connectivity index (χ0n) is 7.48. The zero-order chi connectivity index (χ0) is 11.6. The predicted octanol–water partition coefficient (Wildman–Crippen LogP) is 4.05. The molecule has 0 saturated heterocycles. The Bertz CT molecular complexity index is 354. The van der Waals surface area contributed by atoms with Crippen LogP contribution in [0.5, 0.6) is 0 Å². The lowest BCUT2D eigenvalue weighted by Gasteiger charge is -2.15. The van der Waals surface area contributed by atoms with Crippen molar-refractivity contribution in [1.29, 1.82) is 0 Å². The largest absolute Gasteiger partial charge is 0.390 e. The van der Waals surface area contributed by atoms with Gasteiger partial charge in [0.15, 0.2) is 0 Å². The van der Waals surface area contributed by atoms with Crippen LogP contribution in [0.4, 0.5) is 13.2 Å². The Morgan fingerprint density at radius 3 is 2.47 bits per heavy atom. The summed E-state index contributed by atoms with van der Waals surface area (Å²) >= 11 is 8.94. The Balaban J connectivity index is 2.87. The molecule has 84 valence electrons. The summed E-state index contributed by atoms with van der Waals surface area (Å²) in [5, 5.41) is 0.237. The van der Waals surface area contributed by atoms with Crippen LogP contribution in [0.2, 0.25) is 5.02 Å². The first-order chi connectivity index (χ1) is 6.79. The van der Waals surface area contributed by atoms with Crippen LogP contribution in [0.25, 0.3) is 0 Å². The van der Waals surface area contributed by atoms with Gasteiger partial charge in [-0.3, -0.25) is 0 Å². The number of rotatable bonds is 2. The summed E-state index contributed by atoms with van der Waals surface area (Å²) in [6.45, 7) is 0.